The topological polar surface area (TPSA) is 62.6 Å². The molecule has 0 bridgehead atoms. The Kier molecular flexibility index (Phi) is 5.11. The lowest BCUT2D eigenvalue weighted by molar-refractivity contribution is 0.375. The van der Waals surface area contributed by atoms with Gasteiger partial charge in [0.15, 0.2) is 0 Å². The molecule has 2 atom stereocenters. The summed E-state index contributed by atoms with van der Waals surface area (Å²) in [7, 11) is -3.49. The average molecular weight is 314 g/mol. The summed E-state index contributed by atoms with van der Waals surface area (Å²) in [4.78, 5) is 0. The predicted octanol–water partition coefficient (Wildman–Crippen LogP) is 2.30. The Morgan fingerprint density at radius 3 is 2.48 bits per heavy atom. The summed E-state index contributed by atoms with van der Waals surface area (Å²) in [6.45, 7) is 11.0. The molecule has 1 aromatic rings. The van der Waals surface area contributed by atoms with Crippen LogP contribution < -0.4 is 5.32 Å². The van der Waals surface area contributed by atoms with Crippen LogP contribution in [0.25, 0.3) is 0 Å². The minimum Gasteiger partial charge on any atom is -0.447 e. The summed E-state index contributed by atoms with van der Waals surface area (Å²) in [5.41, 5.74) is 0. The van der Waals surface area contributed by atoms with Gasteiger partial charge in [0.1, 0.15) is 5.76 Å². The van der Waals surface area contributed by atoms with Crippen molar-refractivity contribution in [1.29, 1.82) is 0 Å². The van der Waals surface area contributed by atoms with Gasteiger partial charge in [0.05, 0.1) is 6.54 Å². The number of rotatable bonds is 6. The molecule has 2 heterocycles. The average Bonchev–Trinajstić information content (AvgIpc) is 2.98. The minimum atomic E-state index is -3.49. The maximum Gasteiger partial charge on any atom is 0.276 e. The van der Waals surface area contributed by atoms with Gasteiger partial charge in [-0.15, -0.1) is 0 Å². The third kappa shape index (κ3) is 3.87. The van der Waals surface area contributed by atoms with Crippen molar-refractivity contribution in [2.45, 2.75) is 39.3 Å². The van der Waals surface area contributed by atoms with Crippen molar-refractivity contribution in [3.8, 4) is 0 Å². The van der Waals surface area contributed by atoms with Gasteiger partial charge in [0.25, 0.3) is 10.0 Å². The van der Waals surface area contributed by atoms with Crippen molar-refractivity contribution in [2.75, 3.05) is 19.6 Å². The fourth-order valence-corrected chi connectivity index (χ4v) is 4.05. The first-order valence-corrected chi connectivity index (χ1v) is 9.04. The molecule has 21 heavy (non-hydrogen) atoms. The van der Waals surface area contributed by atoms with Gasteiger partial charge in [0.2, 0.25) is 5.09 Å². The van der Waals surface area contributed by atoms with Crippen molar-refractivity contribution in [3.63, 3.8) is 0 Å². The zero-order chi connectivity index (χ0) is 15.6. The van der Waals surface area contributed by atoms with Crippen molar-refractivity contribution < 1.29 is 12.8 Å². The fraction of sp³-hybridized carbons (Fsp3) is 0.733. The number of hydrogen-bond acceptors (Lipinski definition) is 4. The van der Waals surface area contributed by atoms with E-state index in [-0.39, 0.29) is 5.09 Å². The molecule has 0 aromatic carbocycles. The van der Waals surface area contributed by atoms with Gasteiger partial charge >= 0.3 is 0 Å². The highest BCUT2D eigenvalue weighted by Gasteiger charge is 2.36. The lowest BCUT2D eigenvalue weighted by Gasteiger charge is -2.13. The van der Waals surface area contributed by atoms with E-state index in [0.29, 0.717) is 43.1 Å². The Bertz CT molecular complexity index is 555. The normalized spacial score (nSPS) is 24.0. The van der Waals surface area contributed by atoms with Crippen LogP contribution in [0.3, 0.4) is 0 Å². The van der Waals surface area contributed by atoms with Crippen molar-refractivity contribution in [2.24, 2.45) is 17.8 Å². The number of furan rings is 1. The summed E-state index contributed by atoms with van der Waals surface area (Å²) in [6, 6.07) is 3.30. The zero-order valence-corrected chi connectivity index (χ0v) is 14.1. The number of hydrogen-bond donors (Lipinski definition) is 1. The Morgan fingerprint density at radius 2 is 1.90 bits per heavy atom. The second-order valence-electron chi connectivity index (χ2n) is 6.52. The first-order valence-electron chi connectivity index (χ1n) is 7.60. The van der Waals surface area contributed by atoms with E-state index in [4.69, 9.17) is 4.42 Å². The third-order valence-electron chi connectivity index (χ3n) is 4.04. The van der Waals surface area contributed by atoms with Gasteiger partial charge in [-0.2, -0.15) is 4.31 Å². The molecule has 5 nitrogen and oxygen atoms in total. The highest BCUT2D eigenvalue weighted by Crippen LogP contribution is 2.28. The first kappa shape index (κ1) is 16.5. The molecule has 6 heteroatoms. The van der Waals surface area contributed by atoms with Gasteiger partial charge in [-0.1, -0.05) is 27.7 Å². The molecule has 2 rings (SSSR count). The maximum absolute atomic E-state index is 12.5. The highest BCUT2D eigenvalue weighted by molar-refractivity contribution is 7.89. The van der Waals surface area contributed by atoms with E-state index in [0.717, 1.165) is 6.54 Å². The van der Waals surface area contributed by atoms with Crippen LogP contribution in [0.2, 0.25) is 0 Å². The molecule has 1 N–H and O–H groups in total. The van der Waals surface area contributed by atoms with Gasteiger partial charge in [-0.3, -0.25) is 0 Å². The standard InChI is InChI=1S/C15H26N2O3S/c1-11(2)7-16-8-14-5-6-15(20-14)21(18,19)17-9-12(3)13(4)10-17/h5-6,11-13,16H,7-10H2,1-4H3. The van der Waals surface area contributed by atoms with Crippen LogP contribution in [-0.4, -0.2) is 32.4 Å². The van der Waals surface area contributed by atoms with Gasteiger partial charge in [0, 0.05) is 13.1 Å². The second-order valence-corrected chi connectivity index (χ2v) is 8.39. The molecule has 1 saturated heterocycles. The van der Waals surface area contributed by atoms with Crippen LogP contribution in [0.5, 0.6) is 0 Å². The lowest BCUT2D eigenvalue weighted by atomic mass is 10.0. The number of nitrogens with zero attached hydrogens (tertiary/aromatic N) is 1. The Hall–Kier alpha value is -0.850. The van der Waals surface area contributed by atoms with Crippen LogP contribution in [-0.2, 0) is 16.6 Å². The van der Waals surface area contributed by atoms with Crippen LogP contribution in [0.4, 0.5) is 0 Å². The van der Waals surface area contributed by atoms with Gasteiger partial charge in [-0.25, -0.2) is 8.42 Å². The van der Waals surface area contributed by atoms with E-state index in [1.54, 1.807) is 12.1 Å². The van der Waals surface area contributed by atoms with Crippen LogP contribution in [0, 0.1) is 17.8 Å². The summed E-state index contributed by atoms with van der Waals surface area (Å²) in [6.07, 6.45) is 0. The number of nitrogens with one attached hydrogen (secondary N) is 1. The molecule has 1 aliphatic heterocycles. The monoisotopic (exact) mass is 314 g/mol. The summed E-state index contributed by atoms with van der Waals surface area (Å²) in [5.74, 6) is 1.99. The van der Waals surface area contributed by atoms with E-state index < -0.39 is 10.0 Å². The Morgan fingerprint density at radius 1 is 1.29 bits per heavy atom. The van der Waals surface area contributed by atoms with Crippen LogP contribution in [0.15, 0.2) is 21.6 Å². The molecule has 120 valence electrons. The molecule has 1 aromatic heterocycles. The zero-order valence-electron chi connectivity index (χ0n) is 13.3. The van der Waals surface area contributed by atoms with Gasteiger partial charge in [-0.05, 0) is 36.4 Å². The molecular formula is C15H26N2O3S. The lowest BCUT2D eigenvalue weighted by Crippen LogP contribution is -2.28. The molecule has 0 radical (unpaired) electrons. The van der Waals surface area contributed by atoms with E-state index in [2.05, 4.69) is 33.0 Å². The summed E-state index contributed by atoms with van der Waals surface area (Å²) < 4.78 is 32.1. The molecule has 0 aliphatic carbocycles. The Balaban J connectivity index is 2.03. The van der Waals surface area contributed by atoms with Crippen molar-refractivity contribution >= 4 is 10.0 Å². The SMILES string of the molecule is CC(C)CNCc1ccc(S(=O)(=O)N2CC(C)C(C)C2)o1. The minimum absolute atomic E-state index is 0.0603. The predicted molar refractivity (Wildman–Crippen MR) is 82.3 cm³/mol. The molecule has 1 aliphatic rings. The quantitative estimate of drug-likeness (QED) is 0.875. The Labute approximate surface area is 127 Å². The maximum atomic E-state index is 12.5. The van der Waals surface area contributed by atoms with E-state index in [1.807, 2.05) is 0 Å². The third-order valence-corrected chi connectivity index (χ3v) is 5.74. The molecule has 0 amide bonds. The number of sulfonamides is 1. The highest BCUT2D eigenvalue weighted by atomic mass is 32.2. The van der Waals surface area contributed by atoms with Crippen LogP contribution in [0.1, 0.15) is 33.5 Å². The second kappa shape index (κ2) is 6.50. The summed E-state index contributed by atoms with van der Waals surface area (Å²) in [5, 5.41) is 3.31. The molecular weight excluding hydrogens is 288 g/mol. The van der Waals surface area contributed by atoms with Crippen molar-refractivity contribution in [1.82, 2.24) is 9.62 Å². The molecule has 1 fully saturated rings. The smallest absolute Gasteiger partial charge is 0.276 e. The largest absolute Gasteiger partial charge is 0.447 e. The molecule has 2 unspecified atom stereocenters. The first-order chi connectivity index (χ1) is 9.80. The van der Waals surface area contributed by atoms with Crippen molar-refractivity contribution in [3.05, 3.63) is 17.9 Å². The van der Waals surface area contributed by atoms with Crippen LogP contribution >= 0.6 is 0 Å². The summed E-state index contributed by atoms with van der Waals surface area (Å²) >= 11 is 0. The van der Waals surface area contributed by atoms with Gasteiger partial charge < -0.3 is 9.73 Å². The molecule has 0 spiro atoms. The van der Waals surface area contributed by atoms with E-state index in [1.165, 1.54) is 4.31 Å². The van der Waals surface area contributed by atoms with E-state index >= 15 is 0 Å². The molecule has 0 saturated carbocycles. The fourth-order valence-electron chi connectivity index (χ4n) is 2.48. The van der Waals surface area contributed by atoms with E-state index in [9.17, 15) is 8.42 Å².